The molecule has 0 amide bonds. The molecule has 1 rings (SSSR count). The van der Waals surface area contributed by atoms with Gasteiger partial charge in [0.05, 0.1) is 5.54 Å². The van der Waals surface area contributed by atoms with Crippen molar-refractivity contribution >= 4 is 5.78 Å². The van der Waals surface area contributed by atoms with Gasteiger partial charge in [0, 0.05) is 5.56 Å². The molecule has 0 radical (unpaired) electrons. The van der Waals surface area contributed by atoms with E-state index in [0.29, 0.717) is 0 Å². The van der Waals surface area contributed by atoms with Crippen LogP contribution in [-0.2, 0) is 0 Å². The number of Topliss-reactive ketones (excluding diaryl/α,β-unsaturated/α-hetero) is 1. The van der Waals surface area contributed by atoms with Gasteiger partial charge in [-0.05, 0) is 32.9 Å². The van der Waals surface area contributed by atoms with Crippen molar-refractivity contribution in [2.75, 3.05) is 13.1 Å². The van der Waals surface area contributed by atoms with E-state index in [1.165, 1.54) is 5.56 Å². The molecule has 0 heterocycles. The summed E-state index contributed by atoms with van der Waals surface area (Å²) in [5.74, 6) is 0.265. The van der Waals surface area contributed by atoms with Gasteiger partial charge in [0.25, 0.3) is 0 Å². The summed E-state index contributed by atoms with van der Waals surface area (Å²) in [5, 5.41) is 0. The number of ketones is 1. The Labute approximate surface area is 117 Å². The Bertz CT molecular complexity index is 400. The number of carbonyl (C=O) groups excluding carboxylic acids is 1. The number of nitrogens with zero attached hydrogens (tertiary/aromatic N) is 1. The smallest absolute Gasteiger partial charge is 0.183 e. The first-order valence-electron chi connectivity index (χ1n) is 7.42. The maximum absolute atomic E-state index is 13.0. The van der Waals surface area contributed by atoms with Crippen LogP contribution < -0.4 is 0 Å². The second-order valence-corrected chi connectivity index (χ2v) is 5.11. The summed E-state index contributed by atoms with van der Waals surface area (Å²) in [6.07, 6.45) is 1.72. The third kappa shape index (κ3) is 3.06. The Hall–Kier alpha value is -1.15. The largest absolute Gasteiger partial charge is 0.292 e. The number of hydrogen-bond acceptors (Lipinski definition) is 2. The number of benzene rings is 1. The lowest BCUT2D eigenvalue weighted by molar-refractivity contribution is 0.0535. The highest BCUT2D eigenvalue weighted by atomic mass is 16.1. The Morgan fingerprint density at radius 2 is 1.47 bits per heavy atom. The first-order chi connectivity index (χ1) is 9.05. The van der Waals surface area contributed by atoms with Gasteiger partial charge in [0.2, 0.25) is 0 Å². The van der Waals surface area contributed by atoms with Gasteiger partial charge in [0.1, 0.15) is 0 Å². The molecule has 2 heteroatoms. The van der Waals surface area contributed by atoms with Crippen LogP contribution in [0.4, 0.5) is 0 Å². The second kappa shape index (κ2) is 6.85. The Morgan fingerprint density at radius 1 is 1.00 bits per heavy atom. The summed E-state index contributed by atoms with van der Waals surface area (Å²) < 4.78 is 0. The van der Waals surface area contributed by atoms with Gasteiger partial charge in [-0.25, -0.2) is 0 Å². The number of aryl methyl sites for hydroxylation is 1. The second-order valence-electron chi connectivity index (χ2n) is 5.11. The molecular weight excluding hydrogens is 234 g/mol. The van der Waals surface area contributed by atoms with E-state index >= 15 is 0 Å². The van der Waals surface area contributed by atoms with E-state index in [1.807, 2.05) is 31.2 Å². The zero-order valence-electron chi connectivity index (χ0n) is 13.0. The SMILES string of the molecule is CCN(CC)C(CC)(CC)C(=O)c1ccc(C)cc1. The summed E-state index contributed by atoms with van der Waals surface area (Å²) in [6.45, 7) is 12.4. The molecule has 0 saturated heterocycles. The standard InChI is InChI=1S/C17H27NO/c1-6-17(7-2,18(8-3)9-4)16(19)15-12-10-14(5)11-13-15/h10-13H,6-9H2,1-5H3. The fraction of sp³-hybridized carbons (Fsp3) is 0.588. The normalized spacial score (nSPS) is 11.9. The van der Waals surface area contributed by atoms with Crippen LogP contribution in [-0.4, -0.2) is 29.3 Å². The molecule has 0 saturated carbocycles. The van der Waals surface area contributed by atoms with Gasteiger partial charge in [0.15, 0.2) is 5.78 Å². The van der Waals surface area contributed by atoms with Crippen LogP contribution in [0.3, 0.4) is 0 Å². The average Bonchev–Trinajstić information content (AvgIpc) is 2.45. The number of rotatable bonds is 7. The van der Waals surface area contributed by atoms with E-state index in [2.05, 4.69) is 32.6 Å². The van der Waals surface area contributed by atoms with Crippen molar-refractivity contribution < 1.29 is 4.79 Å². The molecule has 1 aromatic carbocycles. The minimum absolute atomic E-state index is 0.265. The van der Waals surface area contributed by atoms with E-state index in [1.54, 1.807) is 0 Å². The molecule has 0 unspecified atom stereocenters. The van der Waals surface area contributed by atoms with Crippen molar-refractivity contribution in [1.82, 2.24) is 4.90 Å². The molecule has 0 atom stereocenters. The van der Waals surface area contributed by atoms with Crippen LogP contribution in [0, 0.1) is 6.92 Å². The van der Waals surface area contributed by atoms with Crippen molar-refractivity contribution in [2.24, 2.45) is 0 Å². The molecule has 1 aromatic rings. The van der Waals surface area contributed by atoms with Crippen LogP contribution >= 0.6 is 0 Å². The van der Waals surface area contributed by atoms with Crippen LogP contribution in [0.1, 0.15) is 56.5 Å². The molecule has 0 aliphatic heterocycles. The highest BCUT2D eigenvalue weighted by Gasteiger charge is 2.39. The minimum atomic E-state index is -0.348. The van der Waals surface area contributed by atoms with Crippen molar-refractivity contribution in [2.45, 2.75) is 53.0 Å². The molecule has 19 heavy (non-hydrogen) atoms. The zero-order valence-corrected chi connectivity index (χ0v) is 13.0. The predicted octanol–water partition coefficient (Wildman–Crippen LogP) is 4.08. The van der Waals surface area contributed by atoms with Gasteiger partial charge in [-0.1, -0.05) is 57.5 Å². The van der Waals surface area contributed by atoms with Gasteiger partial charge >= 0.3 is 0 Å². The number of carbonyl (C=O) groups is 1. The summed E-state index contributed by atoms with van der Waals surface area (Å²) >= 11 is 0. The molecule has 0 N–H and O–H groups in total. The summed E-state index contributed by atoms with van der Waals surface area (Å²) in [6, 6.07) is 7.96. The van der Waals surface area contributed by atoms with Crippen molar-refractivity contribution in [1.29, 1.82) is 0 Å². The molecular formula is C17H27NO. The monoisotopic (exact) mass is 261 g/mol. The van der Waals surface area contributed by atoms with E-state index in [9.17, 15) is 4.79 Å². The van der Waals surface area contributed by atoms with Crippen molar-refractivity contribution in [3.63, 3.8) is 0 Å². The first kappa shape index (κ1) is 15.9. The Kier molecular flexibility index (Phi) is 5.74. The van der Waals surface area contributed by atoms with E-state index in [0.717, 1.165) is 31.5 Å². The minimum Gasteiger partial charge on any atom is -0.292 e. The van der Waals surface area contributed by atoms with Gasteiger partial charge in [-0.2, -0.15) is 0 Å². The average molecular weight is 261 g/mol. The Morgan fingerprint density at radius 3 is 1.84 bits per heavy atom. The van der Waals surface area contributed by atoms with Crippen LogP contribution in [0.25, 0.3) is 0 Å². The van der Waals surface area contributed by atoms with Crippen LogP contribution in [0.15, 0.2) is 24.3 Å². The van der Waals surface area contributed by atoms with Gasteiger partial charge in [-0.15, -0.1) is 0 Å². The topological polar surface area (TPSA) is 20.3 Å². The van der Waals surface area contributed by atoms with Crippen LogP contribution in [0.5, 0.6) is 0 Å². The molecule has 106 valence electrons. The fourth-order valence-electron chi connectivity index (χ4n) is 2.96. The summed E-state index contributed by atoms with van der Waals surface area (Å²) in [7, 11) is 0. The highest BCUT2D eigenvalue weighted by molar-refractivity contribution is 6.03. The predicted molar refractivity (Wildman–Crippen MR) is 81.7 cm³/mol. The lowest BCUT2D eigenvalue weighted by atomic mass is 9.82. The quantitative estimate of drug-likeness (QED) is 0.689. The van der Waals surface area contributed by atoms with E-state index < -0.39 is 0 Å². The number of likely N-dealkylation sites (N-methyl/N-ethyl adjacent to an activating group) is 1. The molecule has 2 nitrogen and oxygen atoms in total. The molecule has 0 bridgehead atoms. The lowest BCUT2D eigenvalue weighted by Crippen LogP contribution is -2.53. The lowest BCUT2D eigenvalue weighted by Gasteiger charge is -2.41. The third-order valence-electron chi connectivity index (χ3n) is 4.27. The Balaban J connectivity index is 3.18. The zero-order chi connectivity index (χ0) is 14.5. The first-order valence-corrected chi connectivity index (χ1v) is 7.42. The highest BCUT2D eigenvalue weighted by Crippen LogP contribution is 2.28. The van der Waals surface area contributed by atoms with Crippen molar-refractivity contribution in [3.05, 3.63) is 35.4 Å². The maximum Gasteiger partial charge on any atom is 0.183 e. The maximum atomic E-state index is 13.0. The molecule has 0 aromatic heterocycles. The van der Waals surface area contributed by atoms with Crippen molar-refractivity contribution in [3.8, 4) is 0 Å². The molecule has 0 aliphatic rings. The van der Waals surface area contributed by atoms with E-state index in [-0.39, 0.29) is 11.3 Å². The summed E-state index contributed by atoms with van der Waals surface area (Å²) in [4.78, 5) is 15.3. The molecule has 0 fully saturated rings. The van der Waals surface area contributed by atoms with Crippen LogP contribution in [0.2, 0.25) is 0 Å². The summed E-state index contributed by atoms with van der Waals surface area (Å²) in [5.41, 5.74) is 1.68. The third-order valence-corrected chi connectivity index (χ3v) is 4.27. The fourth-order valence-corrected chi connectivity index (χ4v) is 2.96. The molecule has 0 aliphatic carbocycles. The molecule has 0 spiro atoms. The van der Waals surface area contributed by atoms with Gasteiger partial charge < -0.3 is 0 Å². The van der Waals surface area contributed by atoms with E-state index in [4.69, 9.17) is 0 Å². The number of hydrogen-bond donors (Lipinski definition) is 0. The van der Waals surface area contributed by atoms with Gasteiger partial charge in [-0.3, -0.25) is 9.69 Å².